The molecule has 1 aliphatic heterocycles. The monoisotopic (exact) mass is 494 g/mol. The number of fused-ring (bicyclic) bond motifs is 1. The van der Waals surface area contributed by atoms with Crippen molar-refractivity contribution < 1.29 is 17.9 Å². The van der Waals surface area contributed by atoms with Crippen LogP contribution in [-0.2, 0) is 14.8 Å². The van der Waals surface area contributed by atoms with Gasteiger partial charge in [-0.15, -0.1) is 0 Å². The van der Waals surface area contributed by atoms with Crippen molar-refractivity contribution in [1.29, 1.82) is 0 Å². The van der Waals surface area contributed by atoms with Crippen LogP contribution in [0.5, 0.6) is 5.75 Å². The van der Waals surface area contributed by atoms with Gasteiger partial charge in [0.2, 0.25) is 16.0 Å². The van der Waals surface area contributed by atoms with Crippen molar-refractivity contribution in [3.8, 4) is 5.75 Å². The molecule has 3 aromatic rings. The van der Waals surface area contributed by atoms with E-state index in [1.54, 1.807) is 12.3 Å². The predicted octanol–water partition coefficient (Wildman–Crippen LogP) is 3.59. The van der Waals surface area contributed by atoms with Gasteiger partial charge in [-0.3, -0.25) is 0 Å². The molecule has 1 fully saturated rings. The number of methoxy groups -OCH3 is 1. The Morgan fingerprint density at radius 3 is 2.76 bits per heavy atom. The third-order valence-corrected chi connectivity index (χ3v) is 7.70. The summed E-state index contributed by atoms with van der Waals surface area (Å²) in [5.74, 6) is 1.27. The lowest BCUT2D eigenvalue weighted by atomic mass is 10.2. The van der Waals surface area contributed by atoms with Crippen molar-refractivity contribution in [2.75, 3.05) is 44.0 Å². The Balaban J connectivity index is 1.66. The number of aromatic nitrogens is 3. The lowest BCUT2D eigenvalue weighted by Gasteiger charge is -2.26. The molecule has 3 heterocycles. The summed E-state index contributed by atoms with van der Waals surface area (Å²) >= 11 is 6.33. The molecule has 1 atom stereocenters. The summed E-state index contributed by atoms with van der Waals surface area (Å²) in [5, 5.41) is 7.73. The number of benzene rings is 1. The van der Waals surface area contributed by atoms with Crippen molar-refractivity contribution >= 4 is 50.1 Å². The molecule has 33 heavy (non-hydrogen) atoms. The van der Waals surface area contributed by atoms with Gasteiger partial charge in [0.15, 0.2) is 0 Å². The molecule has 1 unspecified atom stereocenters. The minimum Gasteiger partial charge on any atom is -0.495 e. The molecule has 3 N–H and O–H groups in total. The second-order valence-electron chi connectivity index (χ2n) is 7.71. The average molecular weight is 495 g/mol. The standard InChI is InChI=1S/C21H27ClN6O4S/c1-4-13(2)24-20-18-15(22)12-23-19(18)26-21(27-20)25-16-6-5-14(11-17(16)31-3)33(29,30)28-7-9-32-10-8-28/h5-6,11-13H,4,7-10H2,1-3H3,(H3,23,24,25,26,27). The summed E-state index contributed by atoms with van der Waals surface area (Å²) in [6.45, 7) is 5.53. The Bertz CT molecular complexity index is 1240. The van der Waals surface area contributed by atoms with Gasteiger partial charge >= 0.3 is 0 Å². The van der Waals surface area contributed by atoms with Crippen LogP contribution in [0, 0.1) is 0 Å². The molecule has 178 valence electrons. The highest BCUT2D eigenvalue weighted by Crippen LogP contribution is 2.33. The quantitative estimate of drug-likeness (QED) is 0.434. The summed E-state index contributed by atoms with van der Waals surface area (Å²) in [5.41, 5.74) is 1.11. The normalized spacial score (nSPS) is 16.0. The number of ether oxygens (including phenoxy) is 2. The maximum Gasteiger partial charge on any atom is 0.243 e. The fourth-order valence-corrected chi connectivity index (χ4v) is 5.14. The van der Waals surface area contributed by atoms with Crippen molar-refractivity contribution in [2.45, 2.75) is 31.2 Å². The second-order valence-corrected chi connectivity index (χ2v) is 10.1. The molecule has 1 saturated heterocycles. The minimum atomic E-state index is -3.65. The van der Waals surface area contributed by atoms with E-state index in [-0.39, 0.29) is 10.9 Å². The zero-order valence-electron chi connectivity index (χ0n) is 18.7. The molecule has 1 aromatic carbocycles. The molecule has 0 bridgehead atoms. The Morgan fingerprint density at radius 1 is 1.30 bits per heavy atom. The topological polar surface area (TPSA) is 121 Å². The van der Waals surface area contributed by atoms with Crippen LogP contribution in [0.3, 0.4) is 0 Å². The Hall–Kier alpha value is -2.60. The van der Waals surface area contributed by atoms with E-state index in [9.17, 15) is 8.42 Å². The smallest absolute Gasteiger partial charge is 0.243 e. The highest BCUT2D eigenvalue weighted by atomic mass is 35.5. The second kappa shape index (κ2) is 9.72. The van der Waals surface area contributed by atoms with Gasteiger partial charge < -0.3 is 25.1 Å². The van der Waals surface area contributed by atoms with Gasteiger partial charge in [-0.05, 0) is 25.5 Å². The molecule has 0 amide bonds. The number of hydrogen-bond donors (Lipinski definition) is 3. The Labute approximate surface area is 197 Å². The zero-order valence-corrected chi connectivity index (χ0v) is 20.3. The van der Waals surface area contributed by atoms with Gasteiger partial charge in [-0.25, -0.2) is 8.42 Å². The van der Waals surface area contributed by atoms with E-state index >= 15 is 0 Å². The van der Waals surface area contributed by atoms with Crippen LogP contribution < -0.4 is 15.4 Å². The lowest BCUT2D eigenvalue weighted by Crippen LogP contribution is -2.40. The van der Waals surface area contributed by atoms with E-state index in [2.05, 4.69) is 39.4 Å². The molecule has 2 aromatic heterocycles. The number of morpholine rings is 1. The summed E-state index contributed by atoms with van der Waals surface area (Å²) in [4.78, 5) is 12.3. The number of rotatable bonds is 8. The molecular weight excluding hydrogens is 468 g/mol. The van der Waals surface area contributed by atoms with Crippen molar-refractivity contribution in [3.63, 3.8) is 0 Å². The predicted molar refractivity (Wildman–Crippen MR) is 128 cm³/mol. The largest absolute Gasteiger partial charge is 0.495 e. The van der Waals surface area contributed by atoms with E-state index in [4.69, 9.17) is 21.1 Å². The first-order chi connectivity index (χ1) is 15.8. The van der Waals surface area contributed by atoms with Gasteiger partial charge in [0.1, 0.15) is 17.2 Å². The summed E-state index contributed by atoms with van der Waals surface area (Å²) < 4.78 is 38.1. The lowest BCUT2D eigenvalue weighted by molar-refractivity contribution is 0.0730. The van der Waals surface area contributed by atoms with Gasteiger partial charge in [0, 0.05) is 31.4 Å². The number of sulfonamides is 1. The number of aromatic amines is 1. The first-order valence-electron chi connectivity index (χ1n) is 10.7. The third kappa shape index (κ3) is 4.86. The summed E-state index contributed by atoms with van der Waals surface area (Å²) in [6, 6.07) is 4.86. The average Bonchev–Trinajstić information content (AvgIpc) is 3.20. The number of nitrogens with zero attached hydrogens (tertiary/aromatic N) is 3. The number of H-pyrrole nitrogens is 1. The van der Waals surface area contributed by atoms with Crippen LogP contribution in [0.15, 0.2) is 29.3 Å². The number of hydrogen-bond acceptors (Lipinski definition) is 8. The molecule has 0 saturated carbocycles. The molecule has 12 heteroatoms. The molecule has 10 nitrogen and oxygen atoms in total. The molecule has 0 aliphatic carbocycles. The SMILES string of the molecule is CCC(C)Nc1nc(Nc2ccc(S(=O)(=O)N3CCOCC3)cc2OC)nc2[nH]cc(Cl)c12. The van der Waals surface area contributed by atoms with Crippen molar-refractivity contribution in [2.24, 2.45) is 0 Å². The first kappa shape index (κ1) is 23.6. The van der Waals surface area contributed by atoms with Crippen molar-refractivity contribution in [1.82, 2.24) is 19.3 Å². The van der Waals surface area contributed by atoms with E-state index in [0.717, 1.165) is 6.42 Å². The van der Waals surface area contributed by atoms with Gasteiger partial charge in [0.25, 0.3) is 0 Å². The summed E-state index contributed by atoms with van der Waals surface area (Å²) in [7, 11) is -2.17. The molecule has 1 aliphatic rings. The fraction of sp³-hybridized carbons (Fsp3) is 0.429. The molecule has 0 spiro atoms. The van der Waals surface area contributed by atoms with Gasteiger partial charge in [-0.1, -0.05) is 18.5 Å². The van der Waals surface area contributed by atoms with E-state index in [1.807, 2.05) is 0 Å². The maximum atomic E-state index is 13.0. The van der Waals surface area contributed by atoms with Crippen LogP contribution in [-0.4, -0.2) is 67.1 Å². The molecule has 4 rings (SSSR count). The van der Waals surface area contributed by atoms with Crippen LogP contribution in [0.1, 0.15) is 20.3 Å². The van der Waals surface area contributed by atoms with Crippen LogP contribution in [0.2, 0.25) is 5.02 Å². The van der Waals surface area contributed by atoms with Crippen LogP contribution in [0.25, 0.3) is 11.0 Å². The number of halogens is 1. The van der Waals surface area contributed by atoms with Gasteiger partial charge in [-0.2, -0.15) is 14.3 Å². The van der Waals surface area contributed by atoms with E-state index in [0.29, 0.717) is 65.6 Å². The maximum absolute atomic E-state index is 13.0. The van der Waals surface area contributed by atoms with Gasteiger partial charge in [0.05, 0.1) is 41.3 Å². The summed E-state index contributed by atoms with van der Waals surface area (Å²) in [6.07, 6.45) is 2.57. The van der Waals surface area contributed by atoms with E-state index < -0.39 is 10.0 Å². The molecule has 0 radical (unpaired) electrons. The zero-order chi connectivity index (χ0) is 23.6. The van der Waals surface area contributed by atoms with Crippen LogP contribution in [0.4, 0.5) is 17.5 Å². The van der Waals surface area contributed by atoms with E-state index in [1.165, 1.54) is 23.5 Å². The minimum absolute atomic E-state index is 0.151. The fourth-order valence-electron chi connectivity index (χ4n) is 3.48. The number of nitrogens with one attached hydrogen (secondary N) is 3. The van der Waals surface area contributed by atoms with Crippen molar-refractivity contribution in [3.05, 3.63) is 29.4 Å². The highest BCUT2D eigenvalue weighted by Gasteiger charge is 2.27. The Kier molecular flexibility index (Phi) is 6.94. The molecular formula is C21H27ClN6O4S. The first-order valence-corrected chi connectivity index (χ1v) is 12.5. The Morgan fingerprint density at radius 2 is 2.06 bits per heavy atom. The van der Waals surface area contributed by atoms with Crippen LogP contribution >= 0.6 is 11.6 Å². The highest BCUT2D eigenvalue weighted by molar-refractivity contribution is 7.89. The number of anilines is 3. The third-order valence-electron chi connectivity index (χ3n) is 5.51.